The molecule has 17 heavy (non-hydrogen) atoms. The SMILES string of the molecule is CCCC[SiH2]OCCCC=Cc1ccccc1. The Hall–Kier alpha value is -0.863. The van der Waals surface area contributed by atoms with Gasteiger partial charge in [0.15, 0.2) is 9.76 Å². The molecular formula is C15H24OSi. The second-order valence-electron chi connectivity index (χ2n) is 4.27. The molecule has 0 radical (unpaired) electrons. The molecule has 0 saturated heterocycles. The molecule has 0 amide bonds. The molecule has 2 heteroatoms. The summed E-state index contributed by atoms with van der Waals surface area (Å²) in [7, 11) is -0.209. The van der Waals surface area contributed by atoms with Crippen LogP contribution in [-0.4, -0.2) is 16.4 Å². The minimum Gasteiger partial charge on any atom is -0.424 e. The van der Waals surface area contributed by atoms with Gasteiger partial charge in [-0.1, -0.05) is 62.2 Å². The summed E-state index contributed by atoms with van der Waals surface area (Å²) in [5, 5.41) is 0. The molecule has 0 spiro atoms. The molecule has 0 heterocycles. The zero-order chi connectivity index (χ0) is 12.2. The first-order valence-corrected chi connectivity index (χ1v) is 8.30. The quantitative estimate of drug-likeness (QED) is 0.477. The van der Waals surface area contributed by atoms with Gasteiger partial charge in [0.2, 0.25) is 0 Å². The van der Waals surface area contributed by atoms with E-state index in [9.17, 15) is 0 Å². The second kappa shape index (κ2) is 10.3. The van der Waals surface area contributed by atoms with E-state index in [0.29, 0.717) is 0 Å². The molecule has 0 aliphatic heterocycles. The van der Waals surface area contributed by atoms with Gasteiger partial charge in [-0.25, -0.2) is 0 Å². The van der Waals surface area contributed by atoms with Crippen molar-refractivity contribution in [2.75, 3.05) is 6.61 Å². The standard InChI is InChI=1S/C15H24OSi/c1-2-3-14-17-16-13-9-5-8-12-15-10-6-4-7-11-15/h4,6-8,10-12H,2-3,5,9,13-14,17H2,1H3. The van der Waals surface area contributed by atoms with Crippen LogP contribution >= 0.6 is 0 Å². The van der Waals surface area contributed by atoms with E-state index in [1.165, 1.54) is 24.4 Å². The van der Waals surface area contributed by atoms with Gasteiger partial charge in [-0.2, -0.15) is 0 Å². The van der Waals surface area contributed by atoms with Crippen molar-refractivity contribution in [1.82, 2.24) is 0 Å². The highest BCUT2D eigenvalue weighted by Gasteiger charge is 1.89. The van der Waals surface area contributed by atoms with Crippen molar-refractivity contribution in [3.8, 4) is 0 Å². The fraction of sp³-hybridized carbons (Fsp3) is 0.467. The Bertz CT molecular complexity index is 295. The summed E-state index contributed by atoms with van der Waals surface area (Å²) in [6.45, 7) is 3.19. The number of rotatable bonds is 9. The predicted octanol–water partition coefficient (Wildman–Crippen LogP) is 3.80. The molecule has 0 aliphatic carbocycles. The average molecular weight is 248 g/mol. The number of hydrogen-bond donors (Lipinski definition) is 0. The monoisotopic (exact) mass is 248 g/mol. The molecule has 0 aliphatic rings. The summed E-state index contributed by atoms with van der Waals surface area (Å²) >= 11 is 0. The van der Waals surface area contributed by atoms with Crippen LogP contribution in [0.3, 0.4) is 0 Å². The molecule has 0 N–H and O–H groups in total. The van der Waals surface area contributed by atoms with E-state index >= 15 is 0 Å². The van der Waals surface area contributed by atoms with Crippen LogP contribution < -0.4 is 0 Å². The summed E-state index contributed by atoms with van der Waals surface area (Å²) in [5.41, 5.74) is 1.28. The zero-order valence-electron chi connectivity index (χ0n) is 10.9. The van der Waals surface area contributed by atoms with Crippen LogP contribution in [0.4, 0.5) is 0 Å². The zero-order valence-corrected chi connectivity index (χ0v) is 12.3. The highest BCUT2D eigenvalue weighted by atomic mass is 28.2. The van der Waals surface area contributed by atoms with Gasteiger partial charge in [-0.15, -0.1) is 0 Å². The molecule has 0 fully saturated rings. The van der Waals surface area contributed by atoms with Gasteiger partial charge in [0.1, 0.15) is 0 Å². The Kier molecular flexibility index (Phi) is 8.60. The fourth-order valence-corrected chi connectivity index (χ4v) is 2.96. The fourth-order valence-electron chi connectivity index (χ4n) is 1.64. The third kappa shape index (κ3) is 7.94. The lowest BCUT2D eigenvalue weighted by molar-refractivity contribution is 0.328. The summed E-state index contributed by atoms with van der Waals surface area (Å²) in [6, 6.07) is 11.8. The van der Waals surface area contributed by atoms with Crippen LogP contribution in [0.25, 0.3) is 6.08 Å². The lowest BCUT2D eigenvalue weighted by Gasteiger charge is -2.01. The van der Waals surface area contributed by atoms with Crippen LogP contribution in [0.2, 0.25) is 6.04 Å². The van der Waals surface area contributed by atoms with Crippen LogP contribution in [0.15, 0.2) is 36.4 Å². The first-order chi connectivity index (χ1) is 8.43. The molecule has 1 aromatic carbocycles. The molecule has 1 nitrogen and oxygen atoms in total. The number of allylic oxidation sites excluding steroid dienone is 1. The molecule has 0 unspecified atom stereocenters. The van der Waals surface area contributed by atoms with Gasteiger partial charge in [0.25, 0.3) is 0 Å². The van der Waals surface area contributed by atoms with Gasteiger partial charge in [0, 0.05) is 6.61 Å². The molecule has 94 valence electrons. The van der Waals surface area contributed by atoms with E-state index in [4.69, 9.17) is 4.43 Å². The smallest absolute Gasteiger partial charge is 0.161 e. The maximum atomic E-state index is 5.69. The van der Waals surface area contributed by atoms with Crippen molar-refractivity contribution in [1.29, 1.82) is 0 Å². The Morgan fingerprint density at radius 3 is 2.76 bits per heavy atom. The Morgan fingerprint density at radius 1 is 1.18 bits per heavy atom. The van der Waals surface area contributed by atoms with Gasteiger partial charge in [0.05, 0.1) is 0 Å². The number of unbranched alkanes of at least 4 members (excludes halogenated alkanes) is 2. The average Bonchev–Trinajstić information content (AvgIpc) is 2.38. The van der Waals surface area contributed by atoms with Crippen molar-refractivity contribution < 1.29 is 4.43 Å². The van der Waals surface area contributed by atoms with Gasteiger partial charge in [-0.3, -0.25) is 0 Å². The minimum absolute atomic E-state index is 0.209. The van der Waals surface area contributed by atoms with Gasteiger partial charge >= 0.3 is 0 Å². The maximum absolute atomic E-state index is 5.69. The van der Waals surface area contributed by atoms with Crippen molar-refractivity contribution in [2.45, 2.75) is 38.7 Å². The third-order valence-corrected chi connectivity index (χ3v) is 4.03. The third-order valence-electron chi connectivity index (χ3n) is 2.66. The Balaban J connectivity index is 1.95. The minimum atomic E-state index is -0.209. The van der Waals surface area contributed by atoms with Gasteiger partial charge in [-0.05, 0) is 24.4 Å². The molecule has 0 saturated carbocycles. The first kappa shape index (κ1) is 14.2. The van der Waals surface area contributed by atoms with E-state index in [1.807, 2.05) is 6.07 Å². The van der Waals surface area contributed by atoms with Crippen molar-refractivity contribution in [3.63, 3.8) is 0 Å². The summed E-state index contributed by atoms with van der Waals surface area (Å²) < 4.78 is 5.69. The van der Waals surface area contributed by atoms with E-state index in [1.54, 1.807) is 0 Å². The van der Waals surface area contributed by atoms with Crippen LogP contribution in [-0.2, 0) is 4.43 Å². The summed E-state index contributed by atoms with van der Waals surface area (Å²) in [6.07, 6.45) is 9.36. The largest absolute Gasteiger partial charge is 0.424 e. The van der Waals surface area contributed by atoms with E-state index in [2.05, 4.69) is 43.3 Å². The van der Waals surface area contributed by atoms with Crippen molar-refractivity contribution in [2.24, 2.45) is 0 Å². The molecular weight excluding hydrogens is 224 g/mol. The molecule has 1 rings (SSSR count). The Labute approximate surface area is 108 Å². The lowest BCUT2D eigenvalue weighted by Crippen LogP contribution is -1.99. The number of benzene rings is 1. The van der Waals surface area contributed by atoms with Gasteiger partial charge < -0.3 is 4.43 Å². The molecule has 0 bridgehead atoms. The summed E-state index contributed by atoms with van der Waals surface area (Å²) in [4.78, 5) is 0. The molecule has 1 aromatic rings. The van der Waals surface area contributed by atoms with Crippen LogP contribution in [0, 0.1) is 0 Å². The van der Waals surface area contributed by atoms with E-state index < -0.39 is 0 Å². The van der Waals surface area contributed by atoms with Crippen molar-refractivity contribution >= 4 is 15.8 Å². The Morgan fingerprint density at radius 2 is 2.00 bits per heavy atom. The van der Waals surface area contributed by atoms with Crippen LogP contribution in [0.1, 0.15) is 38.2 Å². The van der Waals surface area contributed by atoms with E-state index in [-0.39, 0.29) is 9.76 Å². The summed E-state index contributed by atoms with van der Waals surface area (Å²) in [5.74, 6) is 0. The highest BCUT2D eigenvalue weighted by molar-refractivity contribution is 6.26. The van der Waals surface area contributed by atoms with Crippen molar-refractivity contribution in [3.05, 3.63) is 42.0 Å². The number of hydrogen-bond acceptors (Lipinski definition) is 1. The normalized spacial score (nSPS) is 11.8. The van der Waals surface area contributed by atoms with Crippen LogP contribution in [0.5, 0.6) is 0 Å². The first-order valence-electron chi connectivity index (χ1n) is 6.73. The lowest BCUT2D eigenvalue weighted by atomic mass is 10.2. The maximum Gasteiger partial charge on any atom is 0.161 e. The predicted molar refractivity (Wildman–Crippen MR) is 78.9 cm³/mol. The second-order valence-corrected chi connectivity index (χ2v) is 5.80. The molecule has 0 atom stereocenters. The highest BCUT2D eigenvalue weighted by Crippen LogP contribution is 2.03. The van der Waals surface area contributed by atoms with E-state index in [0.717, 1.165) is 19.4 Å². The molecule has 0 aromatic heterocycles. The topological polar surface area (TPSA) is 9.23 Å².